The van der Waals surface area contributed by atoms with Gasteiger partial charge in [0.15, 0.2) is 11.0 Å². The van der Waals surface area contributed by atoms with Gasteiger partial charge in [0.25, 0.3) is 0 Å². The average molecular weight is 477 g/mol. The molecule has 0 atom stereocenters. The van der Waals surface area contributed by atoms with Crippen LogP contribution in [-0.4, -0.2) is 39.5 Å². The van der Waals surface area contributed by atoms with Crippen molar-refractivity contribution < 1.29 is 18.7 Å². The van der Waals surface area contributed by atoms with Crippen LogP contribution >= 0.6 is 11.8 Å². The number of aromatic nitrogens is 3. The molecule has 34 heavy (non-hydrogen) atoms. The molecule has 0 saturated heterocycles. The number of esters is 1. The molecule has 172 valence electrons. The molecule has 0 unspecified atom stereocenters. The molecule has 1 N–H and O–H groups in total. The highest BCUT2D eigenvalue weighted by Crippen LogP contribution is 2.29. The third-order valence-electron chi connectivity index (χ3n) is 4.98. The highest BCUT2D eigenvalue weighted by molar-refractivity contribution is 7.99. The Labute approximate surface area is 200 Å². The summed E-state index contributed by atoms with van der Waals surface area (Å²) in [7, 11) is 1.28. The van der Waals surface area contributed by atoms with E-state index in [1.165, 1.54) is 13.2 Å². The first-order valence-corrected chi connectivity index (χ1v) is 11.3. The molecule has 0 radical (unpaired) electrons. The zero-order valence-corrected chi connectivity index (χ0v) is 19.3. The SMILES string of the molecule is COC(=O)c1ccccc1NC(=O)CSc1nnc(-c2ccccc2F)n1-c1ccc(C)cc1. The number of ether oxygens (including phenoxy) is 1. The minimum absolute atomic E-state index is 0.00320. The molecular formula is C25H21FN4O3S. The normalized spacial score (nSPS) is 10.7. The van der Waals surface area contributed by atoms with Crippen LogP contribution in [0.2, 0.25) is 0 Å². The summed E-state index contributed by atoms with van der Waals surface area (Å²) in [5.74, 6) is -0.973. The van der Waals surface area contributed by atoms with E-state index in [0.717, 1.165) is 23.0 Å². The summed E-state index contributed by atoms with van der Waals surface area (Å²) in [5.41, 5.74) is 2.73. The second-order valence-corrected chi connectivity index (χ2v) is 8.27. The molecule has 0 aliphatic heterocycles. The molecule has 1 amide bonds. The van der Waals surface area contributed by atoms with E-state index in [1.54, 1.807) is 47.0 Å². The fourth-order valence-electron chi connectivity index (χ4n) is 3.30. The van der Waals surface area contributed by atoms with Crippen LogP contribution < -0.4 is 5.32 Å². The van der Waals surface area contributed by atoms with E-state index >= 15 is 0 Å². The Bertz CT molecular complexity index is 1340. The minimum Gasteiger partial charge on any atom is -0.465 e. The summed E-state index contributed by atoms with van der Waals surface area (Å²) in [6.45, 7) is 1.97. The van der Waals surface area contributed by atoms with Crippen LogP contribution in [0.5, 0.6) is 0 Å². The van der Waals surface area contributed by atoms with Gasteiger partial charge in [0.2, 0.25) is 5.91 Å². The lowest BCUT2D eigenvalue weighted by molar-refractivity contribution is -0.113. The number of hydrogen-bond donors (Lipinski definition) is 1. The maximum absolute atomic E-state index is 14.5. The summed E-state index contributed by atoms with van der Waals surface area (Å²) in [5, 5.41) is 11.6. The van der Waals surface area contributed by atoms with Crippen molar-refractivity contribution >= 4 is 29.3 Å². The summed E-state index contributed by atoms with van der Waals surface area (Å²) >= 11 is 1.15. The van der Waals surface area contributed by atoms with Gasteiger partial charge in [-0.1, -0.05) is 53.7 Å². The van der Waals surface area contributed by atoms with Crippen LogP contribution in [0.1, 0.15) is 15.9 Å². The predicted molar refractivity (Wildman–Crippen MR) is 129 cm³/mol. The Hall–Kier alpha value is -3.98. The Morgan fingerprint density at radius 1 is 1.00 bits per heavy atom. The summed E-state index contributed by atoms with van der Waals surface area (Å²) < 4.78 is 21.0. The lowest BCUT2D eigenvalue weighted by Crippen LogP contribution is -2.17. The first kappa shape index (κ1) is 23.2. The topological polar surface area (TPSA) is 86.1 Å². The summed E-state index contributed by atoms with van der Waals surface area (Å²) in [6, 6.07) is 20.6. The molecule has 1 heterocycles. The van der Waals surface area contributed by atoms with Crippen molar-refractivity contribution in [3.8, 4) is 17.1 Å². The fraction of sp³-hybridized carbons (Fsp3) is 0.120. The molecule has 0 aliphatic rings. The van der Waals surface area contributed by atoms with E-state index in [1.807, 2.05) is 31.2 Å². The summed E-state index contributed by atoms with van der Waals surface area (Å²) in [4.78, 5) is 24.6. The Balaban J connectivity index is 1.61. The zero-order chi connectivity index (χ0) is 24.1. The van der Waals surface area contributed by atoms with Crippen LogP contribution in [0, 0.1) is 12.7 Å². The number of carbonyl (C=O) groups excluding carboxylic acids is 2. The lowest BCUT2D eigenvalue weighted by Gasteiger charge is -2.12. The van der Waals surface area contributed by atoms with Crippen molar-refractivity contribution in [2.75, 3.05) is 18.2 Å². The molecule has 3 aromatic carbocycles. The van der Waals surface area contributed by atoms with Gasteiger partial charge in [-0.25, -0.2) is 9.18 Å². The van der Waals surface area contributed by atoms with Crippen molar-refractivity contribution in [3.05, 3.63) is 89.7 Å². The molecule has 9 heteroatoms. The molecular weight excluding hydrogens is 455 g/mol. The Morgan fingerprint density at radius 3 is 2.44 bits per heavy atom. The van der Waals surface area contributed by atoms with Crippen molar-refractivity contribution in [2.24, 2.45) is 0 Å². The number of carbonyl (C=O) groups is 2. The third-order valence-corrected chi connectivity index (χ3v) is 5.91. The van der Waals surface area contributed by atoms with Crippen LogP contribution in [0.15, 0.2) is 78.0 Å². The highest BCUT2D eigenvalue weighted by atomic mass is 32.2. The number of benzene rings is 3. The number of anilines is 1. The average Bonchev–Trinajstić information content (AvgIpc) is 3.27. The van der Waals surface area contributed by atoms with E-state index in [2.05, 4.69) is 15.5 Å². The monoisotopic (exact) mass is 476 g/mol. The van der Waals surface area contributed by atoms with Gasteiger partial charge in [0.1, 0.15) is 5.82 Å². The zero-order valence-electron chi connectivity index (χ0n) is 18.5. The van der Waals surface area contributed by atoms with Crippen LogP contribution in [0.25, 0.3) is 17.1 Å². The number of nitrogens with one attached hydrogen (secondary N) is 1. The van der Waals surface area contributed by atoms with Crippen molar-refractivity contribution in [2.45, 2.75) is 12.1 Å². The number of rotatable bonds is 7. The first-order valence-electron chi connectivity index (χ1n) is 10.4. The number of amides is 1. The quantitative estimate of drug-likeness (QED) is 0.302. The smallest absolute Gasteiger partial charge is 0.339 e. The van der Waals surface area contributed by atoms with Gasteiger partial charge in [0.05, 0.1) is 29.7 Å². The number of hydrogen-bond acceptors (Lipinski definition) is 6. The first-order chi connectivity index (χ1) is 16.5. The number of para-hydroxylation sites is 1. The molecule has 1 aromatic heterocycles. The van der Waals surface area contributed by atoms with Gasteiger partial charge >= 0.3 is 5.97 Å². The number of halogens is 1. The number of nitrogens with zero attached hydrogens (tertiary/aromatic N) is 3. The fourth-order valence-corrected chi connectivity index (χ4v) is 4.06. The van der Waals surface area contributed by atoms with Gasteiger partial charge in [-0.05, 0) is 43.3 Å². The van der Waals surface area contributed by atoms with E-state index in [-0.39, 0.29) is 17.2 Å². The third kappa shape index (κ3) is 4.99. The van der Waals surface area contributed by atoms with Gasteiger partial charge < -0.3 is 10.1 Å². The number of aryl methyl sites for hydroxylation is 1. The molecule has 7 nitrogen and oxygen atoms in total. The maximum Gasteiger partial charge on any atom is 0.339 e. The Morgan fingerprint density at radius 2 is 1.71 bits per heavy atom. The predicted octanol–water partition coefficient (Wildman–Crippen LogP) is 4.90. The van der Waals surface area contributed by atoms with Gasteiger partial charge in [-0.3, -0.25) is 9.36 Å². The molecule has 0 bridgehead atoms. The lowest BCUT2D eigenvalue weighted by atomic mass is 10.2. The second-order valence-electron chi connectivity index (χ2n) is 7.33. The van der Waals surface area contributed by atoms with Crippen LogP contribution in [-0.2, 0) is 9.53 Å². The summed E-state index contributed by atoms with van der Waals surface area (Å²) in [6.07, 6.45) is 0. The van der Waals surface area contributed by atoms with Crippen molar-refractivity contribution in [3.63, 3.8) is 0 Å². The van der Waals surface area contributed by atoms with Gasteiger partial charge in [0, 0.05) is 5.69 Å². The van der Waals surface area contributed by atoms with Crippen molar-refractivity contribution in [1.29, 1.82) is 0 Å². The molecule has 0 aliphatic carbocycles. The number of thioether (sulfide) groups is 1. The highest BCUT2D eigenvalue weighted by Gasteiger charge is 2.20. The van der Waals surface area contributed by atoms with E-state index in [9.17, 15) is 14.0 Å². The maximum atomic E-state index is 14.5. The molecule has 4 aromatic rings. The second kappa shape index (κ2) is 10.3. The van der Waals surface area contributed by atoms with E-state index in [4.69, 9.17) is 4.74 Å². The van der Waals surface area contributed by atoms with Gasteiger partial charge in [-0.2, -0.15) is 0 Å². The minimum atomic E-state index is -0.544. The van der Waals surface area contributed by atoms with Crippen molar-refractivity contribution in [1.82, 2.24) is 14.8 Å². The van der Waals surface area contributed by atoms with Crippen LogP contribution in [0.3, 0.4) is 0 Å². The van der Waals surface area contributed by atoms with E-state index < -0.39 is 11.8 Å². The number of methoxy groups -OCH3 is 1. The molecule has 4 rings (SSSR count). The molecule has 0 saturated carbocycles. The van der Waals surface area contributed by atoms with E-state index in [0.29, 0.717) is 22.2 Å². The molecule has 0 spiro atoms. The largest absolute Gasteiger partial charge is 0.465 e. The Kier molecular flexibility index (Phi) is 7.03. The molecule has 0 fully saturated rings. The van der Waals surface area contributed by atoms with Crippen LogP contribution in [0.4, 0.5) is 10.1 Å². The standard InChI is InChI=1S/C25H21FN4O3S/c1-16-11-13-17(14-12-16)30-23(18-7-3-5-9-20(18)26)28-29-25(30)34-15-22(31)27-21-10-6-4-8-19(21)24(32)33-2/h3-14H,15H2,1-2H3,(H,27,31). The van der Waals surface area contributed by atoms with Gasteiger partial charge in [-0.15, -0.1) is 10.2 Å².